The lowest BCUT2D eigenvalue weighted by Crippen LogP contribution is -2.25. The molecule has 1 nitrogen and oxygen atoms in total. The van der Waals surface area contributed by atoms with Crippen LogP contribution in [0.4, 0.5) is 0 Å². The summed E-state index contributed by atoms with van der Waals surface area (Å²) in [5, 5.41) is 3.46. The molecule has 0 amide bonds. The zero-order chi connectivity index (χ0) is 7.78. The Morgan fingerprint density at radius 2 is 2.00 bits per heavy atom. The lowest BCUT2D eigenvalue weighted by molar-refractivity contribution is 0.491. The zero-order valence-electron chi connectivity index (χ0n) is 7.57. The molecule has 60 valence electrons. The van der Waals surface area contributed by atoms with E-state index in [-0.39, 0.29) is 0 Å². The van der Waals surface area contributed by atoms with E-state index in [1.807, 2.05) is 0 Å². The largest absolute Gasteiger partial charge is 0.314 e. The lowest BCUT2D eigenvalue weighted by Gasteiger charge is -2.08. The molecule has 0 radical (unpaired) electrons. The van der Waals surface area contributed by atoms with Gasteiger partial charge in [-0.3, -0.25) is 0 Å². The van der Waals surface area contributed by atoms with Crippen molar-refractivity contribution in [2.24, 2.45) is 11.3 Å². The zero-order valence-corrected chi connectivity index (χ0v) is 7.57. The second kappa shape index (κ2) is 2.54. The molecule has 0 aromatic carbocycles. The van der Waals surface area contributed by atoms with E-state index in [0.717, 1.165) is 5.92 Å². The number of hydrogen-bond donors (Lipinski definition) is 1. The van der Waals surface area contributed by atoms with Gasteiger partial charge in [0.05, 0.1) is 0 Å². The Bertz CT molecular complexity index is 116. The standard InChI is InChI=1S/C9H19N/c1-7(2)10-6-8-5-9(8,3)4/h7-8,10H,5-6H2,1-4H3/t8-/m1/s1. The maximum atomic E-state index is 3.46. The third kappa shape index (κ3) is 1.98. The summed E-state index contributed by atoms with van der Waals surface area (Å²) in [6.45, 7) is 10.3. The van der Waals surface area contributed by atoms with Gasteiger partial charge in [-0.25, -0.2) is 0 Å². The summed E-state index contributed by atoms with van der Waals surface area (Å²) in [7, 11) is 0. The van der Waals surface area contributed by atoms with Crippen molar-refractivity contribution in [2.45, 2.75) is 40.2 Å². The summed E-state index contributed by atoms with van der Waals surface area (Å²) in [5.74, 6) is 0.940. The SMILES string of the molecule is CC(C)NC[C@H]1CC1(C)C. The molecule has 0 unspecified atom stereocenters. The van der Waals surface area contributed by atoms with Gasteiger partial charge in [-0.2, -0.15) is 0 Å². The Morgan fingerprint density at radius 1 is 1.50 bits per heavy atom. The van der Waals surface area contributed by atoms with E-state index in [9.17, 15) is 0 Å². The lowest BCUT2D eigenvalue weighted by atomic mass is 10.1. The molecule has 10 heavy (non-hydrogen) atoms. The Kier molecular flexibility index (Phi) is 2.04. The molecule has 1 fully saturated rings. The fraction of sp³-hybridized carbons (Fsp3) is 1.00. The fourth-order valence-corrected chi connectivity index (χ4v) is 1.30. The van der Waals surface area contributed by atoms with Gasteiger partial charge in [-0.1, -0.05) is 27.7 Å². The van der Waals surface area contributed by atoms with Crippen molar-refractivity contribution in [3.05, 3.63) is 0 Å². The van der Waals surface area contributed by atoms with Crippen LogP contribution in [0.5, 0.6) is 0 Å². The summed E-state index contributed by atoms with van der Waals surface area (Å²) in [6.07, 6.45) is 1.41. The van der Waals surface area contributed by atoms with Crippen LogP contribution < -0.4 is 5.32 Å². The molecular formula is C9H19N. The minimum atomic E-state index is 0.641. The molecule has 0 aliphatic heterocycles. The van der Waals surface area contributed by atoms with E-state index in [4.69, 9.17) is 0 Å². The maximum Gasteiger partial charge on any atom is 0.00104 e. The van der Waals surface area contributed by atoms with Gasteiger partial charge in [0.1, 0.15) is 0 Å². The molecule has 1 aliphatic rings. The first-order chi connectivity index (χ1) is 4.52. The average Bonchev–Trinajstić information content (AvgIpc) is 2.35. The van der Waals surface area contributed by atoms with E-state index in [1.165, 1.54) is 13.0 Å². The summed E-state index contributed by atoms with van der Waals surface area (Å²) < 4.78 is 0. The predicted octanol–water partition coefficient (Wildman–Crippen LogP) is 2.03. The third-order valence-corrected chi connectivity index (χ3v) is 2.49. The van der Waals surface area contributed by atoms with Gasteiger partial charge in [0.25, 0.3) is 0 Å². The Balaban J connectivity index is 2.07. The van der Waals surface area contributed by atoms with Crippen LogP contribution in [0.1, 0.15) is 34.1 Å². The van der Waals surface area contributed by atoms with E-state index in [1.54, 1.807) is 0 Å². The van der Waals surface area contributed by atoms with Gasteiger partial charge in [0, 0.05) is 6.04 Å². The minimum absolute atomic E-state index is 0.641. The smallest absolute Gasteiger partial charge is 0.00104 e. The molecule has 0 bridgehead atoms. The summed E-state index contributed by atoms with van der Waals surface area (Å²) >= 11 is 0. The Morgan fingerprint density at radius 3 is 2.30 bits per heavy atom. The van der Waals surface area contributed by atoms with Crippen LogP contribution in [0.2, 0.25) is 0 Å². The molecule has 1 N–H and O–H groups in total. The molecule has 1 aliphatic carbocycles. The number of hydrogen-bond acceptors (Lipinski definition) is 1. The maximum absolute atomic E-state index is 3.46. The van der Waals surface area contributed by atoms with Gasteiger partial charge < -0.3 is 5.32 Å². The Labute approximate surface area is 64.2 Å². The summed E-state index contributed by atoms with van der Waals surface area (Å²) in [4.78, 5) is 0. The van der Waals surface area contributed by atoms with Crippen LogP contribution in [0.3, 0.4) is 0 Å². The van der Waals surface area contributed by atoms with Gasteiger partial charge in [-0.05, 0) is 24.3 Å². The van der Waals surface area contributed by atoms with Crippen molar-refractivity contribution in [3.63, 3.8) is 0 Å². The minimum Gasteiger partial charge on any atom is -0.314 e. The van der Waals surface area contributed by atoms with Crippen molar-refractivity contribution in [1.82, 2.24) is 5.32 Å². The Hall–Kier alpha value is -0.0400. The highest BCUT2D eigenvalue weighted by Gasteiger charge is 2.44. The first-order valence-corrected chi connectivity index (χ1v) is 4.26. The highest BCUT2D eigenvalue weighted by atomic mass is 14.9. The number of nitrogens with one attached hydrogen (secondary N) is 1. The predicted molar refractivity (Wildman–Crippen MR) is 45.0 cm³/mol. The average molecular weight is 141 g/mol. The van der Waals surface area contributed by atoms with E-state index >= 15 is 0 Å². The molecule has 0 saturated heterocycles. The second-order valence-corrected chi connectivity index (χ2v) is 4.45. The summed E-state index contributed by atoms with van der Waals surface area (Å²) in [5.41, 5.74) is 0.641. The molecule has 0 spiro atoms. The normalized spacial score (nSPS) is 29.1. The van der Waals surface area contributed by atoms with E-state index in [2.05, 4.69) is 33.0 Å². The van der Waals surface area contributed by atoms with Crippen LogP contribution in [-0.4, -0.2) is 12.6 Å². The molecule has 0 aromatic heterocycles. The first kappa shape index (κ1) is 8.06. The van der Waals surface area contributed by atoms with Gasteiger partial charge in [0.2, 0.25) is 0 Å². The molecule has 1 atom stereocenters. The van der Waals surface area contributed by atoms with Crippen LogP contribution in [0.25, 0.3) is 0 Å². The van der Waals surface area contributed by atoms with E-state index < -0.39 is 0 Å². The molecular weight excluding hydrogens is 122 g/mol. The topological polar surface area (TPSA) is 12.0 Å². The third-order valence-electron chi connectivity index (χ3n) is 2.49. The monoisotopic (exact) mass is 141 g/mol. The van der Waals surface area contributed by atoms with Gasteiger partial charge >= 0.3 is 0 Å². The number of rotatable bonds is 3. The van der Waals surface area contributed by atoms with Crippen LogP contribution in [0.15, 0.2) is 0 Å². The van der Waals surface area contributed by atoms with Crippen molar-refractivity contribution in [1.29, 1.82) is 0 Å². The molecule has 1 rings (SSSR count). The van der Waals surface area contributed by atoms with Crippen LogP contribution >= 0.6 is 0 Å². The molecule has 1 heteroatoms. The second-order valence-electron chi connectivity index (χ2n) is 4.45. The van der Waals surface area contributed by atoms with Gasteiger partial charge in [-0.15, -0.1) is 0 Å². The molecule has 1 saturated carbocycles. The van der Waals surface area contributed by atoms with Crippen molar-refractivity contribution >= 4 is 0 Å². The first-order valence-electron chi connectivity index (χ1n) is 4.26. The van der Waals surface area contributed by atoms with Crippen molar-refractivity contribution in [2.75, 3.05) is 6.54 Å². The van der Waals surface area contributed by atoms with Crippen LogP contribution in [-0.2, 0) is 0 Å². The van der Waals surface area contributed by atoms with Gasteiger partial charge in [0.15, 0.2) is 0 Å². The quantitative estimate of drug-likeness (QED) is 0.634. The van der Waals surface area contributed by atoms with E-state index in [0.29, 0.717) is 11.5 Å². The van der Waals surface area contributed by atoms with Crippen molar-refractivity contribution < 1.29 is 0 Å². The highest BCUT2D eigenvalue weighted by Crippen LogP contribution is 2.50. The highest BCUT2D eigenvalue weighted by molar-refractivity contribution is 4.96. The summed E-state index contributed by atoms with van der Waals surface area (Å²) in [6, 6.07) is 0.649. The fourth-order valence-electron chi connectivity index (χ4n) is 1.30. The molecule has 0 aromatic rings. The van der Waals surface area contributed by atoms with Crippen LogP contribution in [0, 0.1) is 11.3 Å². The molecule has 0 heterocycles. The van der Waals surface area contributed by atoms with Crippen molar-refractivity contribution in [3.8, 4) is 0 Å².